The fourth-order valence-corrected chi connectivity index (χ4v) is 3.66. The molecule has 0 aliphatic carbocycles. The summed E-state index contributed by atoms with van der Waals surface area (Å²) in [6, 6.07) is 16.4. The van der Waals surface area contributed by atoms with Crippen LogP contribution in [0.2, 0.25) is 0 Å². The van der Waals surface area contributed by atoms with E-state index in [9.17, 15) is 14.4 Å². The van der Waals surface area contributed by atoms with Gasteiger partial charge in [-0.05, 0) is 37.5 Å². The molecule has 1 fully saturated rings. The number of ether oxygens (including phenoxy) is 1. The zero-order valence-corrected chi connectivity index (χ0v) is 18.0. The molecule has 3 amide bonds. The molecule has 0 radical (unpaired) electrons. The molecular weight excluding hydrogens is 394 g/mol. The smallest absolute Gasteiger partial charge is 0.321 e. The number of para-hydroxylation sites is 1. The van der Waals surface area contributed by atoms with E-state index >= 15 is 0 Å². The number of likely N-dealkylation sites (tertiary alicyclic amines) is 1. The van der Waals surface area contributed by atoms with Crippen molar-refractivity contribution in [2.45, 2.75) is 32.2 Å². The van der Waals surface area contributed by atoms with Crippen molar-refractivity contribution in [3.05, 3.63) is 65.7 Å². The van der Waals surface area contributed by atoms with Gasteiger partial charge in [0.1, 0.15) is 0 Å². The summed E-state index contributed by atoms with van der Waals surface area (Å²) in [5, 5.41) is 5.89. The van der Waals surface area contributed by atoms with Gasteiger partial charge < -0.3 is 20.3 Å². The molecule has 1 unspecified atom stereocenters. The van der Waals surface area contributed by atoms with Gasteiger partial charge in [-0.2, -0.15) is 0 Å². The van der Waals surface area contributed by atoms with E-state index in [4.69, 9.17) is 4.74 Å². The minimum Gasteiger partial charge on any atom is -0.469 e. The molecule has 7 heteroatoms. The van der Waals surface area contributed by atoms with Gasteiger partial charge in [-0.1, -0.05) is 48.0 Å². The van der Waals surface area contributed by atoms with Crippen LogP contribution in [0, 0.1) is 12.8 Å². The molecule has 0 aromatic heterocycles. The van der Waals surface area contributed by atoms with Gasteiger partial charge in [-0.3, -0.25) is 9.59 Å². The Kier molecular flexibility index (Phi) is 7.65. The maximum absolute atomic E-state index is 12.9. The van der Waals surface area contributed by atoms with Crippen LogP contribution in [0.1, 0.15) is 36.4 Å². The van der Waals surface area contributed by atoms with Gasteiger partial charge in [0.05, 0.1) is 19.6 Å². The van der Waals surface area contributed by atoms with E-state index in [-0.39, 0.29) is 30.2 Å². The molecule has 1 atom stereocenters. The van der Waals surface area contributed by atoms with E-state index in [0.717, 1.165) is 16.8 Å². The number of nitrogens with one attached hydrogen (secondary N) is 2. The Hall–Kier alpha value is -3.35. The number of amides is 3. The van der Waals surface area contributed by atoms with E-state index in [2.05, 4.69) is 10.6 Å². The molecule has 7 nitrogen and oxygen atoms in total. The number of hydrogen-bond donors (Lipinski definition) is 2. The third kappa shape index (κ3) is 6.31. The number of aryl methyl sites for hydroxylation is 1. The second-order valence-electron chi connectivity index (χ2n) is 7.81. The van der Waals surface area contributed by atoms with Gasteiger partial charge in [0.2, 0.25) is 5.91 Å². The molecule has 1 aliphatic heterocycles. The Bertz CT molecular complexity index is 891. The van der Waals surface area contributed by atoms with E-state index in [1.54, 1.807) is 4.90 Å². The lowest BCUT2D eigenvalue weighted by molar-refractivity contribution is -0.141. The molecule has 0 spiro atoms. The molecular formula is C24H29N3O4. The Labute approximate surface area is 182 Å². The number of nitrogens with zero attached hydrogens (tertiary/aromatic N) is 1. The van der Waals surface area contributed by atoms with E-state index in [1.165, 1.54) is 7.11 Å². The van der Waals surface area contributed by atoms with E-state index in [0.29, 0.717) is 25.9 Å². The van der Waals surface area contributed by atoms with Crippen molar-refractivity contribution in [2.75, 3.05) is 25.5 Å². The second-order valence-corrected chi connectivity index (χ2v) is 7.81. The van der Waals surface area contributed by atoms with Crippen LogP contribution in [-0.4, -0.2) is 43.0 Å². The number of carbonyl (C=O) groups excluding carboxylic acids is 3. The molecule has 2 aromatic rings. The van der Waals surface area contributed by atoms with Crippen LogP contribution in [0.3, 0.4) is 0 Å². The van der Waals surface area contributed by atoms with Crippen molar-refractivity contribution in [3.63, 3.8) is 0 Å². The number of anilines is 1. The van der Waals surface area contributed by atoms with Crippen LogP contribution in [0.15, 0.2) is 54.6 Å². The largest absolute Gasteiger partial charge is 0.469 e. The van der Waals surface area contributed by atoms with Gasteiger partial charge in [-0.15, -0.1) is 0 Å². The summed E-state index contributed by atoms with van der Waals surface area (Å²) in [5.41, 5.74) is 2.72. The van der Waals surface area contributed by atoms with Gasteiger partial charge in [-0.25, -0.2) is 4.79 Å². The van der Waals surface area contributed by atoms with Crippen LogP contribution >= 0.6 is 0 Å². The molecule has 164 valence electrons. The molecule has 3 rings (SSSR count). The highest BCUT2D eigenvalue weighted by molar-refractivity contribution is 5.89. The maximum Gasteiger partial charge on any atom is 0.321 e. The number of urea groups is 1. The van der Waals surface area contributed by atoms with Crippen molar-refractivity contribution in [2.24, 2.45) is 5.92 Å². The third-order valence-electron chi connectivity index (χ3n) is 5.57. The summed E-state index contributed by atoms with van der Waals surface area (Å²) < 4.78 is 4.80. The predicted molar refractivity (Wildman–Crippen MR) is 118 cm³/mol. The van der Waals surface area contributed by atoms with Gasteiger partial charge >= 0.3 is 12.0 Å². The minimum absolute atomic E-state index is 0.0730. The van der Waals surface area contributed by atoms with Gasteiger partial charge in [0.15, 0.2) is 0 Å². The number of esters is 1. The SMILES string of the molecule is COC(=O)CC(NC(=O)C1CCN(C(=O)Nc2ccccc2)CC1)c1ccc(C)cc1. The Morgan fingerprint density at radius 1 is 1.03 bits per heavy atom. The maximum atomic E-state index is 12.9. The first-order valence-electron chi connectivity index (χ1n) is 10.5. The first kappa shape index (κ1) is 22.3. The van der Waals surface area contributed by atoms with Crippen molar-refractivity contribution < 1.29 is 19.1 Å². The molecule has 1 heterocycles. The molecule has 2 N–H and O–H groups in total. The molecule has 2 aromatic carbocycles. The Morgan fingerprint density at radius 3 is 2.29 bits per heavy atom. The quantitative estimate of drug-likeness (QED) is 0.694. The first-order chi connectivity index (χ1) is 15.0. The zero-order valence-electron chi connectivity index (χ0n) is 18.0. The summed E-state index contributed by atoms with van der Waals surface area (Å²) in [6.45, 7) is 2.99. The molecule has 1 saturated heterocycles. The Balaban J connectivity index is 1.56. The zero-order chi connectivity index (χ0) is 22.2. The fourth-order valence-electron chi connectivity index (χ4n) is 3.66. The van der Waals surface area contributed by atoms with Crippen LogP contribution in [0.4, 0.5) is 10.5 Å². The van der Waals surface area contributed by atoms with Crippen LogP contribution in [0.5, 0.6) is 0 Å². The lowest BCUT2D eigenvalue weighted by Gasteiger charge is -2.32. The average Bonchev–Trinajstić information content (AvgIpc) is 2.79. The van der Waals surface area contributed by atoms with E-state index in [1.807, 2.05) is 61.5 Å². The summed E-state index contributed by atoms with van der Waals surface area (Å²) in [4.78, 5) is 38.9. The minimum atomic E-state index is -0.444. The predicted octanol–water partition coefficient (Wildman–Crippen LogP) is 3.66. The summed E-state index contributed by atoms with van der Waals surface area (Å²) >= 11 is 0. The molecule has 1 aliphatic rings. The van der Waals surface area contributed by atoms with Crippen molar-refractivity contribution >= 4 is 23.6 Å². The highest BCUT2D eigenvalue weighted by atomic mass is 16.5. The van der Waals surface area contributed by atoms with E-state index < -0.39 is 6.04 Å². The van der Waals surface area contributed by atoms with Crippen molar-refractivity contribution in [3.8, 4) is 0 Å². The summed E-state index contributed by atoms with van der Waals surface area (Å²) in [5.74, 6) is -0.678. The fraction of sp³-hybridized carbons (Fsp3) is 0.375. The van der Waals surface area contributed by atoms with Gasteiger partial charge in [0.25, 0.3) is 0 Å². The molecule has 0 saturated carbocycles. The number of rotatable bonds is 6. The average molecular weight is 424 g/mol. The first-order valence-corrected chi connectivity index (χ1v) is 10.5. The standard InChI is InChI=1S/C24H29N3O4/c1-17-8-10-18(11-9-17)21(16-22(28)31-2)26-23(29)19-12-14-27(15-13-19)24(30)25-20-6-4-3-5-7-20/h3-11,19,21H,12-16H2,1-2H3,(H,25,30)(H,26,29). The summed E-state index contributed by atoms with van der Waals surface area (Å²) in [6.07, 6.45) is 1.23. The molecule has 31 heavy (non-hydrogen) atoms. The highest BCUT2D eigenvalue weighted by Crippen LogP contribution is 2.23. The van der Waals surface area contributed by atoms with Crippen LogP contribution < -0.4 is 10.6 Å². The normalized spacial score (nSPS) is 15.1. The second kappa shape index (κ2) is 10.6. The Morgan fingerprint density at radius 2 is 1.68 bits per heavy atom. The number of benzene rings is 2. The highest BCUT2D eigenvalue weighted by Gasteiger charge is 2.29. The third-order valence-corrected chi connectivity index (χ3v) is 5.57. The number of methoxy groups -OCH3 is 1. The number of carbonyl (C=O) groups is 3. The topological polar surface area (TPSA) is 87.7 Å². The van der Waals surface area contributed by atoms with Crippen LogP contribution in [-0.2, 0) is 14.3 Å². The number of hydrogen-bond acceptors (Lipinski definition) is 4. The van der Waals surface area contributed by atoms with Crippen molar-refractivity contribution in [1.29, 1.82) is 0 Å². The van der Waals surface area contributed by atoms with Crippen LogP contribution in [0.25, 0.3) is 0 Å². The van der Waals surface area contributed by atoms with Crippen molar-refractivity contribution in [1.82, 2.24) is 10.2 Å². The monoisotopic (exact) mass is 423 g/mol. The van der Waals surface area contributed by atoms with Gasteiger partial charge in [0, 0.05) is 24.7 Å². The number of piperidine rings is 1. The molecule has 0 bridgehead atoms. The lowest BCUT2D eigenvalue weighted by atomic mass is 9.94. The summed E-state index contributed by atoms with van der Waals surface area (Å²) in [7, 11) is 1.34. The lowest BCUT2D eigenvalue weighted by Crippen LogP contribution is -2.45.